The molecule has 0 radical (unpaired) electrons. The molecule has 0 spiro atoms. The normalized spacial score (nSPS) is 17.2. The molecule has 0 saturated carbocycles. The van der Waals surface area contributed by atoms with Gasteiger partial charge in [0.15, 0.2) is 0 Å². The quantitative estimate of drug-likeness (QED) is 0.777. The fourth-order valence-electron chi connectivity index (χ4n) is 3.16. The molecule has 1 aliphatic rings. The lowest BCUT2D eigenvalue weighted by molar-refractivity contribution is -0.117. The number of amides is 1. The zero-order valence-corrected chi connectivity index (χ0v) is 13.4. The van der Waals surface area contributed by atoms with Gasteiger partial charge in [-0.05, 0) is 49.2 Å². The second-order valence-electron chi connectivity index (χ2n) is 6.20. The van der Waals surface area contributed by atoms with Crippen molar-refractivity contribution in [1.82, 2.24) is 14.9 Å². The number of rotatable bonds is 4. The number of nitrogens with zero attached hydrogens (tertiary/aromatic N) is 2. The summed E-state index contributed by atoms with van der Waals surface area (Å²) in [6.07, 6.45) is 3.85. The van der Waals surface area contributed by atoms with Gasteiger partial charge in [0.25, 0.3) is 0 Å². The second-order valence-corrected chi connectivity index (χ2v) is 6.20. The topological polar surface area (TPSA) is 59.0 Å². The summed E-state index contributed by atoms with van der Waals surface area (Å²) in [7, 11) is 0. The maximum atomic E-state index is 12.1. The summed E-state index contributed by atoms with van der Waals surface area (Å²) in [6.45, 7) is 1.69. The van der Waals surface area contributed by atoms with E-state index in [9.17, 15) is 4.79 Å². The lowest BCUT2D eigenvalue weighted by Gasteiger charge is -2.11. The predicted molar refractivity (Wildman–Crippen MR) is 94.9 cm³/mol. The number of aromatic nitrogens is 2. The number of benzene rings is 2. The molecule has 5 heteroatoms. The Labute approximate surface area is 140 Å². The SMILES string of the molecule is O=C(Nc1ccc(Cn2cnc3ccccc32)cc1)C1CCCN1. The number of imidazole rings is 1. The van der Waals surface area contributed by atoms with Crippen molar-refractivity contribution < 1.29 is 4.79 Å². The van der Waals surface area contributed by atoms with E-state index in [1.807, 2.05) is 48.8 Å². The summed E-state index contributed by atoms with van der Waals surface area (Å²) in [6, 6.07) is 16.1. The van der Waals surface area contributed by atoms with Crippen LogP contribution >= 0.6 is 0 Å². The summed E-state index contributed by atoms with van der Waals surface area (Å²) < 4.78 is 2.13. The molecule has 5 nitrogen and oxygen atoms in total. The van der Waals surface area contributed by atoms with E-state index < -0.39 is 0 Å². The van der Waals surface area contributed by atoms with Gasteiger partial charge in [-0.3, -0.25) is 4.79 Å². The minimum Gasteiger partial charge on any atom is -0.326 e. The monoisotopic (exact) mass is 320 g/mol. The van der Waals surface area contributed by atoms with Crippen molar-refractivity contribution in [3.05, 3.63) is 60.4 Å². The summed E-state index contributed by atoms with van der Waals surface area (Å²) in [4.78, 5) is 16.5. The highest BCUT2D eigenvalue weighted by Gasteiger charge is 2.21. The predicted octanol–water partition coefficient (Wildman–Crippen LogP) is 2.78. The Bertz CT molecular complexity index is 847. The molecule has 1 atom stereocenters. The lowest BCUT2D eigenvalue weighted by Crippen LogP contribution is -2.35. The molecule has 2 N–H and O–H groups in total. The molecule has 1 aliphatic heterocycles. The van der Waals surface area contributed by atoms with Gasteiger partial charge in [0.1, 0.15) is 0 Å². The van der Waals surface area contributed by atoms with Gasteiger partial charge in [-0.25, -0.2) is 4.98 Å². The van der Waals surface area contributed by atoms with Crippen LogP contribution in [0.4, 0.5) is 5.69 Å². The van der Waals surface area contributed by atoms with Crippen molar-refractivity contribution in [2.75, 3.05) is 11.9 Å². The first-order chi connectivity index (χ1) is 11.8. The first kappa shape index (κ1) is 14.9. The number of anilines is 1. The Morgan fingerprint density at radius 2 is 2.04 bits per heavy atom. The zero-order chi connectivity index (χ0) is 16.4. The molecule has 0 aliphatic carbocycles. The van der Waals surface area contributed by atoms with Crippen LogP contribution in [0.5, 0.6) is 0 Å². The van der Waals surface area contributed by atoms with Crippen LogP contribution in [-0.4, -0.2) is 28.0 Å². The third kappa shape index (κ3) is 3.03. The number of hydrogen-bond donors (Lipinski definition) is 2. The molecule has 122 valence electrons. The largest absolute Gasteiger partial charge is 0.326 e. The summed E-state index contributed by atoms with van der Waals surface area (Å²) in [5.41, 5.74) is 4.15. The van der Waals surface area contributed by atoms with Crippen molar-refractivity contribution in [3.63, 3.8) is 0 Å². The Morgan fingerprint density at radius 3 is 2.83 bits per heavy atom. The number of carbonyl (C=O) groups excluding carboxylic acids is 1. The first-order valence-corrected chi connectivity index (χ1v) is 8.33. The minimum absolute atomic E-state index is 0.0537. The van der Waals surface area contributed by atoms with Crippen molar-refractivity contribution in [3.8, 4) is 0 Å². The van der Waals surface area contributed by atoms with Crippen molar-refractivity contribution in [2.45, 2.75) is 25.4 Å². The van der Waals surface area contributed by atoms with E-state index in [0.29, 0.717) is 0 Å². The van der Waals surface area contributed by atoms with E-state index in [2.05, 4.69) is 26.3 Å². The standard InChI is InChI=1S/C19H20N4O/c24-19(17-5-3-11-20-17)22-15-9-7-14(8-10-15)12-23-13-21-16-4-1-2-6-18(16)23/h1-2,4,6-10,13,17,20H,3,5,11-12H2,(H,22,24). The molecule has 1 fully saturated rings. The van der Waals surface area contributed by atoms with Crippen LogP contribution in [0.25, 0.3) is 11.0 Å². The molecule has 2 aromatic carbocycles. The Balaban J connectivity index is 1.44. The average molecular weight is 320 g/mol. The van der Waals surface area contributed by atoms with Crippen LogP contribution in [0.1, 0.15) is 18.4 Å². The molecular weight excluding hydrogens is 300 g/mol. The van der Waals surface area contributed by atoms with E-state index in [0.717, 1.165) is 42.7 Å². The third-order valence-electron chi connectivity index (χ3n) is 4.48. The van der Waals surface area contributed by atoms with Crippen LogP contribution in [0.2, 0.25) is 0 Å². The number of nitrogens with one attached hydrogen (secondary N) is 2. The molecule has 1 amide bonds. The zero-order valence-electron chi connectivity index (χ0n) is 13.4. The lowest BCUT2D eigenvalue weighted by atomic mass is 10.1. The van der Waals surface area contributed by atoms with E-state index in [-0.39, 0.29) is 11.9 Å². The molecule has 1 aromatic heterocycles. The molecule has 1 unspecified atom stereocenters. The first-order valence-electron chi connectivity index (χ1n) is 8.33. The number of para-hydroxylation sites is 2. The van der Waals surface area contributed by atoms with Crippen molar-refractivity contribution in [1.29, 1.82) is 0 Å². The highest BCUT2D eigenvalue weighted by Crippen LogP contribution is 2.16. The molecular formula is C19H20N4O. The van der Waals surface area contributed by atoms with Crippen LogP contribution in [0.3, 0.4) is 0 Å². The molecule has 3 aromatic rings. The van der Waals surface area contributed by atoms with E-state index in [4.69, 9.17) is 0 Å². The third-order valence-corrected chi connectivity index (χ3v) is 4.48. The maximum absolute atomic E-state index is 12.1. The van der Waals surface area contributed by atoms with Crippen molar-refractivity contribution in [2.24, 2.45) is 0 Å². The van der Waals surface area contributed by atoms with Gasteiger partial charge in [0, 0.05) is 12.2 Å². The van der Waals surface area contributed by atoms with Gasteiger partial charge in [0.2, 0.25) is 5.91 Å². The Morgan fingerprint density at radius 1 is 1.21 bits per heavy atom. The highest BCUT2D eigenvalue weighted by molar-refractivity contribution is 5.95. The summed E-state index contributed by atoms with van der Waals surface area (Å²) in [5.74, 6) is 0.0563. The molecule has 1 saturated heterocycles. The summed E-state index contributed by atoms with van der Waals surface area (Å²) >= 11 is 0. The number of hydrogen-bond acceptors (Lipinski definition) is 3. The second kappa shape index (κ2) is 6.45. The van der Waals surface area contributed by atoms with E-state index in [1.54, 1.807) is 0 Å². The van der Waals surface area contributed by atoms with Gasteiger partial charge in [-0.15, -0.1) is 0 Å². The van der Waals surface area contributed by atoms with Gasteiger partial charge < -0.3 is 15.2 Å². The Hall–Kier alpha value is -2.66. The molecule has 24 heavy (non-hydrogen) atoms. The van der Waals surface area contributed by atoms with Crippen LogP contribution in [0, 0.1) is 0 Å². The molecule has 0 bridgehead atoms. The van der Waals surface area contributed by atoms with Crippen LogP contribution in [0.15, 0.2) is 54.9 Å². The number of fused-ring (bicyclic) bond motifs is 1. The molecule has 2 heterocycles. The van der Waals surface area contributed by atoms with Gasteiger partial charge in [-0.2, -0.15) is 0 Å². The van der Waals surface area contributed by atoms with Crippen molar-refractivity contribution >= 4 is 22.6 Å². The van der Waals surface area contributed by atoms with Gasteiger partial charge in [-0.1, -0.05) is 24.3 Å². The maximum Gasteiger partial charge on any atom is 0.241 e. The number of carbonyl (C=O) groups is 1. The Kier molecular flexibility index (Phi) is 4.01. The van der Waals surface area contributed by atoms with E-state index in [1.165, 1.54) is 5.56 Å². The van der Waals surface area contributed by atoms with Gasteiger partial charge >= 0.3 is 0 Å². The minimum atomic E-state index is -0.0537. The summed E-state index contributed by atoms with van der Waals surface area (Å²) in [5, 5.41) is 6.19. The van der Waals surface area contributed by atoms with E-state index >= 15 is 0 Å². The smallest absolute Gasteiger partial charge is 0.241 e. The van der Waals surface area contributed by atoms with Gasteiger partial charge in [0.05, 0.1) is 23.4 Å². The van der Waals surface area contributed by atoms with Crippen LogP contribution in [-0.2, 0) is 11.3 Å². The molecule has 4 rings (SSSR count). The highest BCUT2D eigenvalue weighted by atomic mass is 16.2. The average Bonchev–Trinajstić information content (AvgIpc) is 3.27. The fourth-order valence-corrected chi connectivity index (χ4v) is 3.16. The van der Waals surface area contributed by atoms with Crippen LogP contribution < -0.4 is 10.6 Å². The fraction of sp³-hybridized carbons (Fsp3) is 0.263.